The third kappa shape index (κ3) is 6.80. The number of nitrogens with zero attached hydrogens (tertiary/aromatic N) is 3. The zero-order valence-electron chi connectivity index (χ0n) is 17.1. The Labute approximate surface area is 185 Å². The second kappa shape index (κ2) is 10.3. The highest BCUT2D eigenvalue weighted by atomic mass is 32.2. The second-order valence-electron chi connectivity index (χ2n) is 7.20. The normalized spacial score (nSPS) is 15.5. The van der Waals surface area contributed by atoms with Gasteiger partial charge < -0.3 is 14.5 Å². The molecule has 1 aliphatic heterocycles. The van der Waals surface area contributed by atoms with E-state index in [2.05, 4.69) is 27.1 Å². The van der Waals surface area contributed by atoms with Crippen LogP contribution in [0.15, 0.2) is 34.5 Å². The molecule has 0 atom stereocenters. The van der Waals surface area contributed by atoms with Crippen molar-refractivity contribution in [2.24, 2.45) is 5.14 Å². The molecule has 3 N–H and O–H groups in total. The van der Waals surface area contributed by atoms with Gasteiger partial charge in [0.2, 0.25) is 10.0 Å². The van der Waals surface area contributed by atoms with E-state index < -0.39 is 21.9 Å². The molecule has 0 bridgehead atoms. The van der Waals surface area contributed by atoms with Crippen molar-refractivity contribution in [3.63, 3.8) is 0 Å². The third-order valence-electron chi connectivity index (χ3n) is 4.83. The lowest BCUT2D eigenvalue weighted by Gasteiger charge is -2.32. The maximum absolute atomic E-state index is 12.3. The third-order valence-corrected chi connectivity index (χ3v) is 6.51. The van der Waals surface area contributed by atoms with E-state index in [4.69, 9.17) is 9.88 Å². The lowest BCUT2D eigenvalue weighted by Crippen LogP contribution is -2.44. The van der Waals surface area contributed by atoms with Gasteiger partial charge in [0.1, 0.15) is 0 Å². The van der Waals surface area contributed by atoms with E-state index in [1.807, 2.05) is 0 Å². The highest BCUT2D eigenvalue weighted by Crippen LogP contribution is 2.18. The molecule has 2 aromatic rings. The lowest BCUT2D eigenvalue weighted by atomic mass is 10.2. The van der Waals surface area contributed by atoms with Gasteiger partial charge in [-0.25, -0.2) is 23.3 Å². The maximum atomic E-state index is 12.3. The van der Waals surface area contributed by atoms with Crippen LogP contribution in [-0.4, -0.2) is 81.5 Å². The first kappa shape index (κ1) is 23.3. The fourth-order valence-electron chi connectivity index (χ4n) is 2.99. The summed E-state index contributed by atoms with van der Waals surface area (Å²) in [6.07, 6.45) is 0.748. The number of esters is 1. The lowest BCUT2D eigenvalue weighted by molar-refractivity contribution is 0.0473. The Morgan fingerprint density at radius 1 is 1.19 bits per heavy atom. The number of carbonyl (C=O) groups excluding carboxylic acids is 2. The minimum atomic E-state index is -3.83. The molecule has 0 radical (unpaired) electrons. The van der Waals surface area contributed by atoms with Crippen LogP contribution in [0.5, 0.6) is 0 Å². The molecule has 3 rings (SSSR count). The van der Waals surface area contributed by atoms with E-state index in [0.29, 0.717) is 6.61 Å². The largest absolute Gasteiger partial charge is 0.461 e. The van der Waals surface area contributed by atoms with Crippen LogP contribution in [0.4, 0.5) is 5.13 Å². The summed E-state index contributed by atoms with van der Waals surface area (Å²) < 4.78 is 27.8. The fourth-order valence-corrected chi connectivity index (χ4v) is 4.18. The first-order chi connectivity index (χ1) is 14.7. The molecule has 12 heteroatoms. The van der Waals surface area contributed by atoms with Crippen molar-refractivity contribution in [1.29, 1.82) is 0 Å². The van der Waals surface area contributed by atoms with Gasteiger partial charge in [0.15, 0.2) is 10.8 Å². The van der Waals surface area contributed by atoms with E-state index in [9.17, 15) is 18.0 Å². The molecule has 168 valence electrons. The van der Waals surface area contributed by atoms with E-state index in [-0.39, 0.29) is 21.3 Å². The van der Waals surface area contributed by atoms with Crippen molar-refractivity contribution in [2.45, 2.75) is 11.3 Å². The number of ether oxygens (including phenoxy) is 1. The minimum Gasteiger partial charge on any atom is -0.461 e. The quantitative estimate of drug-likeness (QED) is 0.431. The molecule has 1 amide bonds. The summed E-state index contributed by atoms with van der Waals surface area (Å²) in [6, 6.07) is 5.19. The molecule has 0 spiro atoms. The van der Waals surface area contributed by atoms with Gasteiger partial charge in [0.25, 0.3) is 5.91 Å². The first-order valence-corrected chi connectivity index (χ1v) is 12.1. The van der Waals surface area contributed by atoms with Gasteiger partial charge in [-0.3, -0.25) is 10.1 Å². The summed E-state index contributed by atoms with van der Waals surface area (Å²) >= 11 is 1.10. The molecule has 0 unspecified atom stereocenters. The topological polar surface area (TPSA) is 135 Å². The van der Waals surface area contributed by atoms with E-state index in [1.165, 1.54) is 29.6 Å². The zero-order chi connectivity index (χ0) is 22.4. The van der Waals surface area contributed by atoms with Gasteiger partial charge in [0.05, 0.1) is 11.5 Å². The molecule has 1 fully saturated rings. The van der Waals surface area contributed by atoms with Crippen molar-refractivity contribution < 1.29 is 22.7 Å². The number of hydrogen-bond acceptors (Lipinski definition) is 9. The summed E-state index contributed by atoms with van der Waals surface area (Å²) in [6.45, 7) is 5.31. The van der Waals surface area contributed by atoms with Crippen LogP contribution in [0.1, 0.15) is 27.3 Å². The predicted octanol–water partition coefficient (Wildman–Crippen LogP) is 0.837. The fraction of sp³-hybridized carbons (Fsp3) is 0.421. The van der Waals surface area contributed by atoms with Gasteiger partial charge in [-0.15, -0.1) is 11.3 Å². The maximum Gasteiger partial charge on any atom is 0.357 e. The van der Waals surface area contributed by atoms with Gasteiger partial charge in [-0.2, -0.15) is 0 Å². The Balaban J connectivity index is 1.44. The van der Waals surface area contributed by atoms with Gasteiger partial charge in [0, 0.05) is 43.7 Å². The number of primary sulfonamides is 1. The Kier molecular flexibility index (Phi) is 7.73. The molecule has 2 heterocycles. The minimum absolute atomic E-state index is 0.0871. The van der Waals surface area contributed by atoms with Crippen molar-refractivity contribution in [3.05, 3.63) is 40.9 Å². The van der Waals surface area contributed by atoms with Crippen LogP contribution in [0.25, 0.3) is 0 Å². The van der Waals surface area contributed by atoms with E-state index in [0.717, 1.165) is 50.5 Å². The predicted molar refractivity (Wildman–Crippen MR) is 117 cm³/mol. The number of nitrogens with two attached hydrogens (primary N) is 1. The molecule has 31 heavy (non-hydrogen) atoms. The van der Waals surface area contributed by atoms with Crippen molar-refractivity contribution >= 4 is 38.4 Å². The number of nitrogens with one attached hydrogen (secondary N) is 1. The Bertz CT molecular complexity index is 1010. The average molecular weight is 468 g/mol. The number of rotatable bonds is 8. The highest BCUT2D eigenvalue weighted by Gasteiger charge is 2.16. The van der Waals surface area contributed by atoms with E-state index in [1.54, 1.807) is 0 Å². The highest BCUT2D eigenvalue weighted by molar-refractivity contribution is 7.89. The van der Waals surface area contributed by atoms with Gasteiger partial charge in [-0.05, 0) is 37.7 Å². The number of piperazine rings is 1. The van der Waals surface area contributed by atoms with Crippen LogP contribution in [0.2, 0.25) is 0 Å². The zero-order valence-corrected chi connectivity index (χ0v) is 18.7. The number of likely N-dealkylation sites (N-methyl/N-ethyl adjacent to an activating group) is 1. The molecular weight excluding hydrogens is 442 g/mol. The number of amides is 1. The van der Waals surface area contributed by atoms with Crippen LogP contribution < -0.4 is 10.5 Å². The Morgan fingerprint density at radius 3 is 2.52 bits per heavy atom. The second-order valence-corrected chi connectivity index (χ2v) is 9.62. The number of thiazole rings is 1. The van der Waals surface area contributed by atoms with Crippen molar-refractivity contribution in [1.82, 2.24) is 14.8 Å². The molecule has 1 aromatic heterocycles. The summed E-state index contributed by atoms with van der Waals surface area (Å²) in [5.41, 5.74) is 0.361. The van der Waals surface area contributed by atoms with Crippen LogP contribution >= 0.6 is 11.3 Å². The smallest absolute Gasteiger partial charge is 0.357 e. The van der Waals surface area contributed by atoms with Crippen LogP contribution in [-0.2, 0) is 14.8 Å². The average Bonchev–Trinajstić information content (AvgIpc) is 3.20. The molecule has 1 aromatic carbocycles. The Hall–Kier alpha value is -2.38. The number of aromatic nitrogens is 1. The number of hydrogen-bond donors (Lipinski definition) is 2. The SMILES string of the molecule is CN1CCN(CCCOC(=O)c2csc(NC(=O)c3ccc(S(N)(=O)=O)cc3)n2)CC1. The first-order valence-electron chi connectivity index (χ1n) is 9.70. The van der Waals surface area contributed by atoms with Crippen molar-refractivity contribution in [3.8, 4) is 0 Å². The summed E-state index contributed by atoms with van der Waals surface area (Å²) in [5, 5.41) is 9.37. The van der Waals surface area contributed by atoms with Crippen molar-refractivity contribution in [2.75, 3.05) is 51.7 Å². The Morgan fingerprint density at radius 2 is 1.87 bits per heavy atom. The number of benzene rings is 1. The summed E-state index contributed by atoms with van der Waals surface area (Å²) in [5.74, 6) is -1.02. The van der Waals surface area contributed by atoms with Gasteiger partial charge in [-0.1, -0.05) is 0 Å². The monoisotopic (exact) mass is 467 g/mol. The van der Waals surface area contributed by atoms with Crippen LogP contribution in [0.3, 0.4) is 0 Å². The summed E-state index contributed by atoms with van der Waals surface area (Å²) in [4.78, 5) is 33.1. The van der Waals surface area contributed by atoms with Crippen LogP contribution in [0, 0.1) is 0 Å². The summed E-state index contributed by atoms with van der Waals surface area (Å²) in [7, 11) is -1.72. The molecule has 10 nitrogen and oxygen atoms in total. The number of carbonyl (C=O) groups is 2. The molecule has 0 saturated carbocycles. The molecular formula is C19H25N5O5S2. The number of anilines is 1. The standard InChI is InChI=1S/C19H25N5O5S2/c1-23-8-10-24(11-9-23)7-2-12-29-18(26)16-13-30-19(21-16)22-17(25)14-3-5-15(6-4-14)31(20,27)28/h3-6,13H,2,7-12H2,1H3,(H2,20,27,28)(H,21,22,25). The molecule has 1 aliphatic rings. The molecule has 1 saturated heterocycles. The number of sulfonamides is 1. The van der Waals surface area contributed by atoms with E-state index >= 15 is 0 Å². The molecule has 0 aliphatic carbocycles. The van der Waals surface area contributed by atoms with Gasteiger partial charge >= 0.3 is 5.97 Å².